The van der Waals surface area contributed by atoms with E-state index >= 15 is 0 Å². The van der Waals surface area contributed by atoms with Crippen LogP contribution in [0.1, 0.15) is 20.7 Å². The molecule has 0 bridgehead atoms. The summed E-state index contributed by atoms with van der Waals surface area (Å²) in [6, 6.07) is 21.2. The summed E-state index contributed by atoms with van der Waals surface area (Å²) in [6.45, 7) is 5.50. The van der Waals surface area contributed by atoms with Crippen molar-refractivity contribution >= 4 is 46.1 Å². The predicted molar refractivity (Wildman–Crippen MR) is 152 cm³/mol. The van der Waals surface area contributed by atoms with Crippen LogP contribution in [0.15, 0.2) is 66.7 Å². The Morgan fingerprint density at radius 3 is 1.82 bits per heavy atom. The van der Waals surface area contributed by atoms with Crippen molar-refractivity contribution in [3.8, 4) is 0 Å². The fourth-order valence-corrected chi connectivity index (χ4v) is 5.49. The standard InChI is InChI=1S/C29H28N8O3/c38-25-22-10-4-6-20-7-5-11-23(24(20)22)26(39)37(25)33-27-30-28(32-29(31-27)36-16-18-40-19-17-36)35-14-12-34(13-15-35)21-8-2-1-3-9-21/h1-11H,12-19H2,(H,30,31,32,33). The number of ether oxygens (including phenoxy) is 1. The number of para-hydroxylation sites is 1. The fraction of sp³-hybridized carbons (Fsp3) is 0.276. The Morgan fingerprint density at radius 2 is 1.20 bits per heavy atom. The number of aromatic nitrogens is 3. The number of piperazine rings is 1. The third kappa shape index (κ3) is 4.34. The Morgan fingerprint density at radius 1 is 0.625 bits per heavy atom. The zero-order valence-electron chi connectivity index (χ0n) is 21.9. The van der Waals surface area contributed by atoms with Crippen LogP contribution >= 0.6 is 0 Å². The number of nitrogens with zero attached hydrogens (tertiary/aromatic N) is 7. The second-order valence-electron chi connectivity index (χ2n) is 9.93. The molecule has 0 spiro atoms. The molecule has 0 unspecified atom stereocenters. The van der Waals surface area contributed by atoms with Crippen LogP contribution in [0.4, 0.5) is 23.5 Å². The highest BCUT2D eigenvalue weighted by Gasteiger charge is 2.34. The number of imide groups is 1. The lowest BCUT2D eigenvalue weighted by Crippen LogP contribution is -2.48. The molecule has 11 heteroatoms. The van der Waals surface area contributed by atoms with Gasteiger partial charge < -0.3 is 19.4 Å². The number of benzene rings is 3. The number of morpholine rings is 1. The minimum absolute atomic E-state index is 0.144. The van der Waals surface area contributed by atoms with E-state index in [2.05, 4.69) is 37.3 Å². The maximum atomic E-state index is 13.5. The Balaban J connectivity index is 1.19. The van der Waals surface area contributed by atoms with E-state index < -0.39 is 11.8 Å². The predicted octanol–water partition coefficient (Wildman–Crippen LogP) is 2.81. The molecule has 4 aromatic rings. The Kier molecular flexibility index (Phi) is 6.12. The SMILES string of the molecule is O=C1c2cccc3cccc(c23)C(=O)N1Nc1nc(N2CCOCC2)nc(N2CCN(c3ccccc3)CC2)n1. The molecule has 2 saturated heterocycles. The second kappa shape index (κ2) is 10.1. The van der Waals surface area contributed by atoms with Crippen LogP contribution in [-0.4, -0.2) is 84.3 Å². The van der Waals surface area contributed by atoms with Crippen LogP contribution in [0, 0.1) is 0 Å². The Bertz CT molecular complexity index is 1530. The van der Waals surface area contributed by atoms with Crippen molar-refractivity contribution in [1.82, 2.24) is 20.0 Å². The summed E-state index contributed by atoms with van der Waals surface area (Å²) < 4.78 is 5.52. The molecular formula is C29H28N8O3. The number of nitrogens with one attached hydrogen (secondary N) is 1. The van der Waals surface area contributed by atoms with E-state index in [0.29, 0.717) is 54.7 Å². The number of anilines is 4. The molecule has 0 radical (unpaired) electrons. The molecule has 1 aromatic heterocycles. The summed E-state index contributed by atoms with van der Waals surface area (Å²) in [5, 5.41) is 2.52. The van der Waals surface area contributed by atoms with Crippen molar-refractivity contribution in [2.75, 3.05) is 72.6 Å². The highest BCUT2D eigenvalue weighted by molar-refractivity contribution is 6.25. The Labute approximate surface area is 231 Å². The Hall–Kier alpha value is -4.77. The molecule has 0 saturated carbocycles. The summed E-state index contributed by atoms with van der Waals surface area (Å²) >= 11 is 0. The van der Waals surface area contributed by atoms with E-state index in [1.165, 1.54) is 5.69 Å². The molecule has 3 aliphatic rings. The summed E-state index contributed by atoms with van der Waals surface area (Å²) in [4.78, 5) is 47.6. The average molecular weight is 537 g/mol. The van der Waals surface area contributed by atoms with Crippen molar-refractivity contribution in [3.63, 3.8) is 0 Å². The van der Waals surface area contributed by atoms with Crippen molar-refractivity contribution < 1.29 is 14.3 Å². The van der Waals surface area contributed by atoms with Gasteiger partial charge in [-0.1, -0.05) is 42.5 Å². The van der Waals surface area contributed by atoms with Gasteiger partial charge in [-0.15, -0.1) is 0 Å². The van der Waals surface area contributed by atoms with Gasteiger partial charge in [-0.3, -0.25) is 15.0 Å². The van der Waals surface area contributed by atoms with Gasteiger partial charge in [-0.25, -0.2) is 0 Å². The first kappa shape index (κ1) is 24.3. The first-order valence-corrected chi connectivity index (χ1v) is 13.5. The van der Waals surface area contributed by atoms with E-state index in [-0.39, 0.29) is 5.95 Å². The van der Waals surface area contributed by atoms with Crippen LogP contribution in [0.3, 0.4) is 0 Å². The number of hydrazine groups is 1. The molecule has 1 N–H and O–H groups in total. The topological polar surface area (TPSA) is 107 Å². The highest BCUT2D eigenvalue weighted by Crippen LogP contribution is 2.30. The number of rotatable bonds is 5. The van der Waals surface area contributed by atoms with E-state index in [9.17, 15) is 9.59 Å². The van der Waals surface area contributed by atoms with Gasteiger partial charge in [-0.05, 0) is 29.7 Å². The minimum Gasteiger partial charge on any atom is -0.378 e. The molecule has 4 heterocycles. The smallest absolute Gasteiger partial charge is 0.280 e. The monoisotopic (exact) mass is 536 g/mol. The first-order chi connectivity index (χ1) is 19.7. The largest absolute Gasteiger partial charge is 0.378 e. The van der Waals surface area contributed by atoms with Crippen molar-refractivity contribution in [1.29, 1.82) is 0 Å². The molecule has 7 rings (SSSR count). The van der Waals surface area contributed by atoms with Crippen LogP contribution in [0.2, 0.25) is 0 Å². The molecule has 0 atom stereocenters. The number of hydrogen-bond acceptors (Lipinski definition) is 10. The minimum atomic E-state index is -0.444. The normalized spacial score (nSPS) is 17.5. The molecule has 2 fully saturated rings. The molecule has 3 aromatic carbocycles. The second-order valence-corrected chi connectivity index (χ2v) is 9.93. The van der Waals surface area contributed by atoms with Crippen molar-refractivity contribution in [2.45, 2.75) is 0 Å². The van der Waals surface area contributed by atoms with E-state index in [4.69, 9.17) is 9.72 Å². The lowest BCUT2D eigenvalue weighted by atomic mass is 9.95. The van der Waals surface area contributed by atoms with Gasteiger partial charge >= 0.3 is 0 Å². The zero-order chi connectivity index (χ0) is 27.1. The molecule has 11 nitrogen and oxygen atoms in total. The van der Waals surface area contributed by atoms with Gasteiger partial charge in [-0.2, -0.15) is 20.0 Å². The molecule has 2 amide bonds. The van der Waals surface area contributed by atoms with Gasteiger partial charge in [0.1, 0.15) is 0 Å². The third-order valence-corrected chi connectivity index (χ3v) is 7.57. The number of carbonyl (C=O) groups excluding carboxylic acids is 2. The summed E-state index contributed by atoms with van der Waals surface area (Å²) in [5.41, 5.74) is 5.04. The average Bonchev–Trinajstić information content (AvgIpc) is 3.02. The molecule has 0 aliphatic carbocycles. The van der Waals surface area contributed by atoms with Gasteiger partial charge in [0.05, 0.1) is 24.3 Å². The number of amides is 2. The first-order valence-electron chi connectivity index (χ1n) is 13.5. The summed E-state index contributed by atoms with van der Waals surface area (Å²) in [7, 11) is 0. The van der Waals surface area contributed by atoms with Gasteiger partial charge in [0, 0.05) is 50.3 Å². The van der Waals surface area contributed by atoms with Crippen LogP contribution < -0.4 is 20.1 Å². The fourth-order valence-electron chi connectivity index (χ4n) is 5.49. The van der Waals surface area contributed by atoms with Crippen LogP contribution in [0.25, 0.3) is 10.8 Å². The lowest BCUT2D eigenvalue weighted by molar-refractivity contribution is 0.0647. The third-order valence-electron chi connectivity index (χ3n) is 7.57. The van der Waals surface area contributed by atoms with E-state index in [1.807, 2.05) is 47.4 Å². The quantitative estimate of drug-likeness (QED) is 0.383. The number of carbonyl (C=O) groups is 2. The van der Waals surface area contributed by atoms with Crippen molar-refractivity contribution in [2.24, 2.45) is 0 Å². The lowest BCUT2D eigenvalue weighted by Gasteiger charge is -2.36. The molecule has 40 heavy (non-hydrogen) atoms. The summed E-state index contributed by atoms with van der Waals surface area (Å²) in [6.07, 6.45) is 0. The van der Waals surface area contributed by atoms with Crippen molar-refractivity contribution in [3.05, 3.63) is 77.9 Å². The molecule has 202 valence electrons. The van der Waals surface area contributed by atoms with Gasteiger partial charge in [0.25, 0.3) is 11.8 Å². The van der Waals surface area contributed by atoms with Gasteiger partial charge in [0.15, 0.2) is 0 Å². The van der Waals surface area contributed by atoms with E-state index in [1.54, 1.807) is 12.1 Å². The summed E-state index contributed by atoms with van der Waals surface area (Å²) in [5.74, 6) is 0.248. The highest BCUT2D eigenvalue weighted by atomic mass is 16.5. The van der Waals surface area contributed by atoms with Crippen LogP contribution in [-0.2, 0) is 4.74 Å². The zero-order valence-corrected chi connectivity index (χ0v) is 21.9. The van der Waals surface area contributed by atoms with Crippen LogP contribution in [0.5, 0.6) is 0 Å². The number of hydrogen-bond donors (Lipinski definition) is 1. The maximum Gasteiger partial charge on any atom is 0.280 e. The maximum absolute atomic E-state index is 13.5. The van der Waals surface area contributed by atoms with Gasteiger partial charge in [0.2, 0.25) is 17.8 Å². The molecule has 3 aliphatic heterocycles. The van der Waals surface area contributed by atoms with E-state index in [0.717, 1.165) is 36.6 Å². The molecular weight excluding hydrogens is 508 g/mol.